The molecule has 2 amide bonds. The van der Waals surface area contributed by atoms with E-state index in [9.17, 15) is 22.8 Å². The van der Waals surface area contributed by atoms with Crippen molar-refractivity contribution in [3.63, 3.8) is 0 Å². The maximum Gasteiger partial charge on any atom is 0.416 e. The van der Waals surface area contributed by atoms with E-state index in [1.54, 1.807) is 4.90 Å². The summed E-state index contributed by atoms with van der Waals surface area (Å²) in [6, 6.07) is 4.27. The van der Waals surface area contributed by atoms with Gasteiger partial charge in [-0.3, -0.25) is 9.59 Å². The zero-order valence-electron chi connectivity index (χ0n) is 14.8. The standard InChI is InChI=1S/C19H23F3N2O2/c1-18(8-2-3-9-18)17(26)24-12-10-23(11-13-24)16(25)14-4-6-15(7-5-14)19(20,21)22/h4-7H,2-3,8-13H2,1H3. The highest BCUT2D eigenvalue weighted by atomic mass is 19.4. The number of hydrogen-bond acceptors (Lipinski definition) is 2. The van der Waals surface area contributed by atoms with Crippen LogP contribution in [0.5, 0.6) is 0 Å². The molecular formula is C19H23F3N2O2. The summed E-state index contributed by atoms with van der Waals surface area (Å²) in [6.45, 7) is 3.77. The van der Waals surface area contributed by atoms with Crippen LogP contribution in [0.25, 0.3) is 0 Å². The SMILES string of the molecule is CC1(C(=O)N2CCN(C(=O)c3ccc(C(F)(F)F)cc3)CC2)CCCC1. The van der Waals surface area contributed by atoms with Crippen molar-refractivity contribution in [2.45, 2.75) is 38.8 Å². The van der Waals surface area contributed by atoms with Gasteiger partial charge >= 0.3 is 6.18 Å². The zero-order chi connectivity index (χ0) is 18.9. The Labute approximate surface area is 151 Å². The van der Waals surface area contributed by atoms with Gasteiger partial charge < -0.3 is 9.80 Å². The Morgan fingerprint density at radius 3 is 1.92 bits per heavy atom. The Kier molecular flexibility index (Phi) is 4.99. The molecule has 4 nitrogen and oxygen atoms in total. The minimum atomic E-state index is -4.41. The lowest BCUT2D eigenvalue weighted by atomic mass is 9.87. The molecule has 1 aromatic carbocycles. The molecule has 1 saturated carbocycles. The van der Waals surface area contributed by atoms with Crippen molar-refractivity contribution < 1.29 is 22.8 Å². The van der Waals surface area contributed by atoms with Gasteiger partial charge in [-0.15, -0.1) is 0 Å². The smallest absolute Gasteiger partial charge is 0.339 e. The maximum atomic E-state index is 12.7. The lowest BCUT2D eigenvalue weighted by Gasteiger charge is -2.38. The van der Waals surface area contributed by atoms with Crippen LogP contribution >= 0.6 is 0 Å². The minimum absolute atomic E-state index is 0.164. The van der Waals surface area contributed by atoms with Crippen molar-refractivity contribution in [3.05, 3.63) is 35.4 Å². The molecular weight excluding hydrogens is 345 g/mol. The van der Waals surface area contributed by atoms with E-state index in [-0.39, 0.29) is 22.8 Å². The summed E-state index contributed by atoms with van der Waals surface area (Å²) in [6.07, 6.45) is -0.430. The first-order valence-corrected chi connectivity index (χ1v) is 8.97. The third-order valence-corrected chi connectivity index (χ3v) is 5.54. The van der Waals surface area contributed by atoms with Gasteiger partial charge in [0.15, 0.2) is 0 Å². The number of halogens is 3. The van der Waals surface area contributed by atoms with E-state index in [2.05, 4.69) is 0 Å². The summed E-state index contributed by atoms with van der Waals surface area (Å²) in [4.78, 5) is 28.6. The van der Waals surface area contributed by atoms with Gasteiger partial charge in [0, 0.05) is 37.2 Å². The molecule has 1 aliphatic carbocycles. The van der Waals surface area contributed by atoms with Gasteiger partial charge in [-0.2, -0.15) is 13.2 Å². The third kappa shape index (κ3) is 3.71. The molecule has 1 aromatic rings. The Morgan fingerprint density at radius 2 is 1.42 bits per heavy atom. The maximum absolute atomic E-state index is 12.7. The second-order valence-corrected chi connectivity index (χ2v) is 7.43. The van der Waals surface area contributed by atoms with Gasteiger partial charge in [-0.25, -0.2) is 0 Å². The normalized spacial score (nSPS) is 20.3. The molecule has 7 heteroatoms. The van der Waals surface area contributed by atoms with E-state index in [0.29, 0.717) is 26.2 Å². The van der Waals surface area contributed by atoms with Crippen LogP contribution in [-0.2, 0) is 11.0 Å². The van der Waals surface area contributed by atoms with Gasteiger partial charge in [0.2, 0.25) is 5.91 Å². The van der Waals surface area contributed by atoms with Crippen molar-refractivity contribution in [2.24, 2.45) is 5.41 Å². The molecule has 0 N–H and O–H groups in total. The molecule has 1 heterocycles. The van der Waals surface area contributed by atoms with E-state index in [1.807, 2.05) is 11.8 Å². The summed E-state index contributed by atoms with van der Waals surface area (Å²) in [5, 5.41) is 0. The largest absolute Gasteiger partial charge is 0.416 e. The van der Waals surface area contributed by atoms with Gasteiger partial charge in [-0.1, -0.05) is 19.8 Å². The highest BCUT2D eigenvalue weighted by Gasteiger charge is 2.40. The van der Waals surface area contributed by atoms with Crippen molar-refractivity contribution in [3.8, 4) is 0 Å². The van der Waals surface area contributed by atoms with Crippen LogP contribution in [0, 0.1) is 5.41 Å². The monoisotopic (exact) mass is 368 g/mol. The van der Waals surface area contributed by atoms with Crippen LogP contribution in [0.3, 0.4) is 0 Å². The average molecular weight is 368 g/mol. The fraction of sp³-hybridized carbons (Fsp3) is 0.579. The molecule has 1 saturated heterocycles. The predicted octanol–water partition coefficient (Wildman–Crippen LogP) is 3.57. The molecule has 0 aromatic heterocycles. The fourth-order valence-electron chi connectivity index (χ4n) is 3.85. The molecule has 26 heavy (non-hydrogen) atoms. The van der Waals surface area contributed by atoms with E-state index < -0.39 is 11.7 Å². The minimum Gasteiger partial charge on any atom is -0.339 e. The summed E-state index contributed by atoms with van der Waals surface area (Å²) < 4.78 is 37.9. The lowest BCUT2D eigenvalue weighted by Crippen LogP contribution is -2.53. The van der Waals surface area contributed by atoms with Crippen molar-refractivity contribution in [2.75, 3.05) is 26.2 Å². The first-order chi connectivity index (χ1) is 12.2. The number of piperazine rings is 1. The molecule has 0 atom stereocenters. The number of hydrogen-bond donors (Lipinski definition) is 0. The average Bonchev–Trinajstić information content (AvgIpc) is 3.08. The molecule has 2 aliphatic rings. The summed E-state index contributed by atoms with van der Waals surface area (Å²) in [5.74, 6) is -0.130. The predicted molar refractivity (Wildman–Crippen MR) is 90.5 cm³/mol. The third-order valence-electron chi connectivity index (χ3n) is 5.54. The highest BCUT2D eigenvalue weighted by molar-refractivity contribution is 5.94. The van der Waals surface area contributed by atoms with E-state index in [0.717, 1.165) is 37.8 Å². The number of nitrogens with zero attached hydrogens (tertiary/aromatic N) is 2. The van der Waals surface area contributed by atoms with Crippen molar-refractivity contribution >= 4 is 11.8 Å². The molecule has 0 unspecified atom stereocenters. The van der Waals surface area contributed by atoms with Gasteiger partial charge in [0.25, 0.3) is 5.91 Å². The first kappa shape index (κ1) is 18.7. The Hall–Kier alpha value is -2.05. The zero-order valence-corrected chi connectivity index (χ0v) is 14.8. The second-order valence-electron chi connectivity index (χ2n) is 7.43. The Balaban J connectivity index is 1.59. The molecule has 0 radical (unpaired) electrons. The molecule has 0 bridgehead atoms. The van der Waals surface area contributed by atoms with Crippen molar-refractivity contribution in [1.29, 1.82) is 0 Å². The van der Waals surface area contributed by atoms with Crippen LogP contribution in [-0.4, -0.2) is 47.8 Å². The summed E-state index contributed by atoms with van der Waals surface area (Å²) >= 11 is 0. The Bertz CT molecular complexity index is 671. The van der Waals surface area contributed by atoms with Crippen molar-refractivity contribution in [1.82, 2.24) is 9.80 Å². The summed E-state index contributed by atoms with van der Waals surface area (Å²) in [7, 11) is 0. The topological polar surface area (TPSA) is 40.6 Å². The summed E-state index contributed by atoms with van der Waals surface area (Å²) in [5.41, 5.74) is -0.811. The Morgan fingerprint density at radius 1 is 0.923 bits per heavy atom. The van der Waals surface area contributed by atoms with Crippen LogP contribution < -0.4 is 0 Å². The van der Waals surface area contributed by atoms with Crippen LogP contribution in [0.15, 0.2) is 24.3 Å². The number of carbonyl (C=O) groups is 2. The number of benzene rings is 1. The van der Waals surface area contributed by atoms with E-state index in [1.165, 1.54) is 12.1 Å². The molecule has 0 spiro atoms. The van der Waals surface area contributed by atoms with E-state index in [4.69, 9.17) is 0 Å². The van der Waals surface area contributed by atoms with Gasteiger partial charge in [-0.05, 0) is 37.1 Å². The molecule has 2 fully saturated rings. The number of amides is 2. The molecule has 3 rings (SSSR count). The molecule has 1 aliphatic heterocycles. The second kappa shape index (κ2) is 6.93. The lowest BCUT2D eigenvalue weighted by molar-refractivity contribution is -0.142. The molecule has 142 valence electrons. The highest BCUT2D eigenvalue weighted by Crippen LogP contribution is 2.39. The van der Waals surface area contributed by atoms with E-state index >= 15 is 0 Å². The van der Waals surface area contributed by atoms with Crippen LogP contribution in [0.2, 0.25) is 0 Å². The van der Waals surface area contributed by atoms with Crippen LogP contribution in [0.1, 0.15) is 48.5 Å². The quantitative estimate of drug-likeness (QED) is 0.801. The number of rotatable bonds is 2. The van der Waals surface area contributed by atoms with Gasteiger partial charge in [0.1, 0.15) is 0 Å². The number of alkyl halides is 3. The first-order valence-electron chi connectivity index (χ1n) is 8.97. The van der Waals surface area contributed by atoms with Gasteiger partial charge in [0.05, 0.1) is 5.56 Å². The fourth-order valence-corrected chi connectivity index (χ4v) is 3.85. The number of carbonyl (C=O) groups excluding carboxylic acids is 2. The van der Waals surface area contributed by atoms with Crippen LogP contribution in [0.4, 0.5) is 13.2 Å².